The van der Waals surface area contributed by atoms with Crippen LogP contribution >= 0.6 is 7.82 Å². The topological polar surface area (TPSA) is 66.8 Å². The molecule has 0 bridgehead atoms. The van der Waals surface area contributed by atoms with Gasteiger partial charge in [-0.05, 0) is 0 Å². The van der Waals surface area contributed by atoms with Crippen LogP contribution in [-0.2, 0) is 8.12 Å². The van der Waals surface area contributed by atoms with E-state index in [4.69, 9.17) is 9.79 Å². The fraction of sp³-hybridized carbons (Fsp3) is 0. The standard InChI is InChI=1S/GeH5O4P.Li.H/c1-5-6(2,3)4;;/h1H3,(H2,2,3,4);;. The summed E-state index contributed by atoms with van der Waals surface area (Å²) in [7, 11) is -4.06. The Bertz CT molecular complexity index is 75.8. The molecule has 7 heteroatoms. The normalized spacial score (nSPS) is 10.6. The third-order valence-corrected chi connectivity index (χ3v) is 3.71. The Balaban J connectivity index is 0. The Morgan fingerprint density at radius 3 is 1.71 bits per heavy atom. The maximum absolute atomic E-state index is 9.52. The second-order valence-electron chi connectivity index (χ2n) is 0.673. The van der Waals surface area contributed by atoms with E-state index in [1.54, 1.807) is 0 Å². The molecular formula is H6GeLiO4P. The molecule has 0 radical (unpaired) electrons. The van der Waals surface area contributed by atoms with Gasteiger partial charge in [-0.2, -0.15) is 0 Å². The Hall–Kier alpha value is 1.25. The predicted octanol–water partition coefficient (Wildman–Crippen LogP) is -2.27. The van der Waals surface area contributed by atoms with Gasteiger partial charge in [0.25, 0.3) is 0 Å². The molecule has 0 rings (SSSR count). The first kappa shape index (κ1) is 11.1. The van der Waals surface area contributed by atoms with Crippen molar-refractivity contribution in [2.75, 3.05) is 0 Å². The number of hydrogen-bond acceptors (Lipinski definition) is 2. The quantitative estimate of drug-likeness (QED) is 0.353. The summed E-state index contributed by atoms with van der Waals surface area (Å²) in [4.78, 5) is 15.5. The van der Waals surface area contributed by atoms with Crippen LogP contribution in [0.2, 0.25) is 0 Å². The summed E-state index contributed by atoms with van der Waals surface area (Å²) >= 11 is -0.216. The third-order valence-electron chi connectivity index (χ3n) is 0.238. The summed E-state index contributed by atoms with van der Waals surface area (Å²) in [6.45, 7) is 0. The minimum absolute atomic E-state index is 0. The van der Waals surface area contributed by atoms with E-state index in [2.05, 4.69) is 3.55 Å². The fourth-order valence-electron chi connectivity index (χ4n) is 0. The van der Waals surface area contributed by atoms with Crippen LogP contribution in [-0.4, -0.2) is 45.5 Å². The Morgan fingerprint density at radius 2 is 1.71 bits per heavy atom. The SMILES string of the molecule is O=P(O)(O)[O][GeH3].[LiH]. The van der Waals surface area contributed by atoms with Gasteiger partial charge in [-0.3, -0.25) is 0 Å². The van der Waals surface area contributed by atoms with Crippen molar-refractivity contribution in [2.45, 2.75) is 0 Å². The van der Waals surface area contributed by atoms with Crippen molar-refractivity contribution in [3.63, 3.8) is 0 Å². The molecule has 0 saturated heterocycles. The van der Waals surface area contributed by atoms with Crippen molar-refractivity contribution in [3.8, 4) is 0 Å². The van der Waals surface area contributed by atoms with Crippen molar-refractivity contribution < 1.29 is 17.9 Å². The number of rotatable bonds is 1. The second kappa shape index (κ2) is 4.16. The summed E-state index contributed by atoms with van der Waals surface area (Å²) in [6.07, 6.45) is 0. The number of phosphoric acid groups is 1. The second-order valence-corrected chi connectivity index (χ2v) is 4.32. The van der Waals surface area contributed by atoms with Gasteiger partial charge in [0.05, 0.1) is 0 Å². The molecule has 7 heavy (non-hydrogen) atoms. The Kier molecular flexibility index (Phi) is 6.60. The average Bonchev–Trinajstić information content (AvgIpc) is 1.35. The van der Waals surface area contributed by atoms with Gasteiger partial charge in [-0.15, -0.1) is 0 Å². The molecule has 0 aromatic carbocycles. The van der Waals surface area contributed by atoms with E-state index in [0.717, 1.165) is 0 Å². The van der Waals surface area contributed by atoms with Crippen molar-refractivity contribution in [2.24, 2.45) is 0 Å². The predicted molar refractivity (Wildman–Crippen MR) is 30.2 cm³/mol. The maximum atomic E-state index is 9.52. The van der Waals surface area contributed by atoms with Crippen molar-refractivity contribution in [1.82, 2.24) is 0 Å². The van der Waals surface area contributed by atoms with Crippen LogP contribution in [0.15, 0.2) is 0 Å². The van der Waals surface area contributed by atoms with Crippen LogP contribution in [0.3, 0.4) is 0 Å². The van der Waals surface area contributed by atoms with Crippen LogP contribution in [0.5, 0.6) is 0 Å². The van der Waals surface area contributed by atoms with Gasteiger partial charge < -0.3 is 0 Å². The van der Waals surface area contributed by atoms with Crippen molar-refractivity contribution >= 4 is 43.5 Å². The van der Waals surface area contributed by atoms with Gasteiger partial charge in [0.15, 0.2) is 0 Å². The fourth-order valence-corrected chi connectivity index (χ4v) is 0. The van der Waals surface area contributed by atoms with Gasteiger partial charge in [0.2, 0.25) is 0 Å². The van der Waals surface area contributed by atoms with Gasteiger partial charge in [0, 0.05) is 0 Å². The van der Waals surface area contributed by atoms with Gasteiger partial charge in [-0.25, -0.2) is 0 Å². The van der Waals surface area contributed by atoms with Crippen LogP contribution in [0, 0.1) is 0 Å². The minimum atomic E-state index is -4.06. The van der Waals surface area contributed by atoms with Crippen LogP contribution in [0.1, 0.15) is 0 Å². The molecular weight excluding hydrogens is 175 g/mol. The van der Waals surface area contributed by atoms with E-state index in [0.29, 0.717) is 0 Å². The van der Waals surface area contributed by atoms with Gasteiger partial charge in [0.1, 0.15) is 0 Å². The first-order chi connectivity index (χ1) is 2.56. The van der Waals surface area contributed by atoms with Gasteiger partial charge in [-0.1, -0.05) is 0 Å². The van der Waals surface area contributed by atoms with Gasteiger partial charge >= 0.3 is 61.4 Å². The molecule has 0 spiro atoms. The summed E-state index contributed by atoms with van der Waals surface area (Å²) < 4.78 is 13.3. The molecule has 0 unspecified atom stereocenters. The summed E-state index contributed by atoms with van der Waals surface area (Å²) in [5.74, 6) is 0. The average molecular weight is 181 g/mol. The molecule has 40 valence electrons. The zero-order valence-corrected chi connectivity index (χ0v) is 8.25. The molecule has 0 fully saturated rings. The summed E-state index contributed by atoms with van der Waals surface area (Å²) in [6, 6.07) is 0. The Labute approximate surface area is 61.6 Å². The van der Waals surface area contributed by atoms with E-state index < -0.39 is 7.82 Å². The number of hydrogen-bond donors (Lipinski definition) is 2. The molecule has 0 aromatic heterocycles. The molecule has 0 saturated carbocycles. The first-order valence-corrected chi connectivity index (χ1v) is 4.42. The molecule has 2 N–H and O–H groups in total. The molecule has 0 atom stereocenters. The first-order valence-electron chi connectivity index (χ1n) is 1.17. The third kappa shape index (κ3) is 11.1. The van der Waals surface area contributed by atoms with Crippen LogP contribution in [0.25, 0.3) is 0 Å². The zero-order chi connectivity index (χ0) is 5.21. The molecule has 0 amide bonds. The summed E-state index contributed by atoms with van der Waals surface area (Å²) in [5, 5.41) is 0. The summed E-state index contributed by atoms with van der Waals surface area (Å²) in [5.41, 5.74) is 0. The van der Waals surface area contributed by atoms with Crippen LogP contribution in [0.4, 0.5) is 0 Å². The monoisotopic (exact) mass is 182 g/mol. The zero-order valence-electron chi connectivity index (χ0n) is 3.16. The van der Waals surface area contributed by atoms with Crippen LogP contribution < -0.4 is 0 Å². The molecule has 0 aliphatic rings. The van der Waals surface area contributed by atoms with E-state index in [1.165, 1.54) is 0 Å². The van der Waals surface area contributed by atoms with E-state index >= 15 is 0 Å². The van der Waals surface area contributed by atoms with E-state index in [1.807, 2.05) is 0 Å². The molecule has 0 heterocycles. The van der Waals surface area contributed by atoms with E-state index in [-0.39, 0.29) is 35.7 Å². The van der Waals surface area contributed by atoms with E-state index in [9.17, 15) is 4.57 Å². The van der Waals surface area contributed by atoms with Crippen molar-refractivity contribution in [1.29, 1.82) is 0 Å². The molecule has 4 nitrogen and oxygen atoms in total. The molecule has 0 aliphatic heterocycles. The Morgan fingerprint density at radius 1 is 1.57 bits per heavy atom. The molecule has 0 aromatic rings. The van der Waals surface area contributed by atoms with Crippen molar-refractivity contribution in [3.05, 3.63) is 0 Å². The molecule has 0 aliphatic carbocycles.